The van der Waals surface area contributed by atoms with Gasteiger partial charge in [0.2, 0.25) is 0 Å². The van der Waals surface area contributed by atoms with E-state index >= 15 is 0 Å². The van der Waals surface area contributed by atoms with Crippen molar-refractivity contribution in [3.63, 3.8) is 0 Å². The molecular formula is C13H17N3O3S. The molecule has 0 aliphatic carbocycles. The highest BCUT2D eigenvalue weighted by atomic mass is 32.2. The van der Waals surface area contributed by atoms with Gasteiger partial charge < -0.3 is 5.11 Å². The lowest BCUT2D eigenvalue weighted by Crippen LogP contribution is -2.27. The standard InChI is InChI=1S/C13H17N3O3S/c1-9-13(10(2)15(3)14-9)20(18,19)16(4)11-5-7-12(17)8-6-11/h5-8,17H,1-4H3. The number of sulfonamides is 1. The van der Waals surface area contributed by atoms with Crippen LogP contribution in [0.25, 0.3) is 0 Å². The van der Waals surface area contributed by atoms with Gasteiger partial charge in [-0.1, -0.05) is 0 Å². The molecule has 0 saturated heterocycles. The number of aromatic hydroxyl groups is 1. The number of nitrogens with zero attached hydrogens (tertiary/aromatic N) is 3. The van der Waals surface area contributed by atoms with Crippen LogP contribution in [0, 0.1) is 13.8 Å². The van der Waals surface area contributed by atoms with Gasteiger partial charge in [-0.15, -0.1) is 0 Å². The molecule has 0 fully saturated rings. The van der Waals surface area contributed by atoms with Crippen LogP contribution in [0.3, 0.4) is 0 Å². The summed E-state index contributed by atoms with van der Waals surface area (Å²) in [5, 5.41) is 13.4. The SMILES string of the molecule is Cc1nn(C)c(C)c1S(=O)(=O)N(C)c1ccc(O)cc1. The van der Waals surface area contributed by atoms with Crippen molar-refractivity contribution in [2.45, 2.75) is 18.7 Å². The summed E-state index contributed by atoms with van der Waals surface area (Å²) in [4.78, 5) is 0.218. The number of phenols is 1. The summed E-state index contributed by atoms with van der Waals surface area (Å²) >= 11 is 0. The summed E-state index contributed by atoms with van der Waals surface area (Å²) in [5.74, 6) is 0.0910. The van der Waals surface area contributed by atoms with E-state index in [1.165, 1.54) is 23.5 Å². The first-order chi connectivity index (χ1) is 9.25. The molecule has 1 aromatic carbocycles. The van der Waals surface area contributed by atoms with Gasteiger partial charge in [-0.3, -0.25) is 8.99 Å². The monoisotopic (exact) mass is 295 g/mol. The van der Waals surface area contributed by atoms with Crippen molar-refractivity contribution in [2.75, 3.05) is 11.4 Å². The largest absolute Gasteiger partial charge is 0.508 e. The van der Waals surface area contributed by atoms with E-state index in [1.54, 1.807) is 37.7 Å². The number of hydrogen-bond donors (Lipinski definition) is 1. The summed E-state index contributed by atoms with van der Waals surface area (Å²) < 4.78 is 28.1. The van der Waals surface area contributed by atoms with E-state index in [9.17, 15) is 13.5 Å². The van der Waals surface area contributed by atoms with Gasteiger partial charge in [0.15, 0.2) is 0 Å². The second-order valence-corrected chi connectivity index (χ2v) is 6.52. The molecule has 2 rings (SSSR count). The summed E-state index contributed by atoms with van der Waals surface area (Å²) in [6.07, 6.45) is 0. The van der Waals surface area contributed by atoms with E-state index in [0.717, 1.165) is 0 Å². The van der Waals surface area contributed by atoms with Crippen molar-refractivity contribution >= 4 is 15.7 Å². The lowest BCUT2D eigenvalue weighted by atomic mass is 10.3. The minimum absolute atomic E-state index is 0.0910. The molecule has 1 heterocycles. The highest BCUT2D eigenvalue weighted by Gasteiger charge is 2.28. The Balaban J connectivity index is 2.52. The molecule has 7 heteroatoms. The van der Waals surface area contributed by atoms with Crippen molar-refractivity contribution in [1.82, 2.24) is 9.78 Å². The summed E-state index contributed by atoms with van der Waals surface area (Å²) in [6, 6.07) is 6.00. The molecule has 6 nitrogen and oxygen atoms in total. The predicted molar refractivity (Wildman–Crippen MR) is 76.4 cm³/mol. The third kappa shape index (κ3) is 2.24. The van der Waals surface area contributed by atoms with Crippen molar-refractivity contribution in [2.24, 2.45) is 7.05 Å². The average Bonchev–Trinajstić information content (AvgIpc) is 2.63. The molecule has 0 bridgehead atoms. The van der Waals surface area contributed by atoms with Gasteiger partial charge in [-0.2, -0.15) is 5.10 Å². The quantitative estimate of drug-likeness (QED) is 0.932. The number of benzene rings is 1. The highest BCUT2D eigenvalue weighted by molar-refractivity contribution is 7.92. The molecule has 0 radical (unpaired) electrons. The fraction of sp³-hybridized carbons (Fsp3) is 0.308. The van der Waals surface area contributed by atoms with E-state index in [4.69, 9.17) is 0 Å². The van der Waals surface area contributed by atoms with Crippen LogP contribution in [0.15, 0.2) is 29.2 Å². The van der Waals surface area contributed by atoms with E-state index in [2.05, 4.69) is 5.10 Å². The number of aromatic nitrogens is 2. The maximum absolute atomic E-state index is 12.7. The Bertz CT molecular complexity index is 733. The molecular weight excluding hydrogens is 278 g/mol. The molecule has 0 aliphatic rings. The molecule has 0 spiro atoms. The third-order valence-electron chi connectivity index (χ3n) is 3.27. The smallest absolute Gasteiger partial charge is 0.267 e. The first-order valence-corrected chi connectivity index (χ1v) is 7.47. The molecule has 0 unspecified atom stereocenters. The maximum Gasteiger partial charge on any atom is 0.267 e. The molecule has 20 heavy (non-hydrogen) atoms. The van der Waals surface area contributed by atoms with E-state index < -0.39 is 10.0 Å². The van der Waals surface area contributed by atoms with Crippen LogP contribution >= 0.6 is 0 Å². The molecule has 108 valence electrons. The van der Waals surface area contributed by atoms with E-state index in [0.29, 0.717) is 17.1 Å². The highest BCUT2D eigenvalue weighted by Crippen LogP contribution is 2.27. The van der Waals surface area contributed by atoms with Crippen molar-refractivity contribution in [1.29, 1.82) is 0 Å². The lowest BCUT2D eigenvalue weighted by molar-refractivity contribution is 0.475. The normalized spacial score (nSPS) is 11.6. The zero-order chi connectivity index (χ0) is 15.1. The zero-order valence-corrected chi connectivity index (χ0v) is 12.6. The predicted octanol–water partition coefficient (Wildman–Crippen LogP) is 1.57. The van der Waals surface area contributed by atoms with E-state index in [1.807, 2.05) is 0 Å². The van der Waals surface area contributed by atoms with E-state index in [-0.39, 0.29) is 10.6 Å². The molecule has 0 aliphatic heterocycles. The molecule has 1 aromatic heterocycles. The zero-order valence-electron chi connectivity index (χ0n) is 11.8. The Hall–Kier alpha value is -2.02. The fourth-order valence-corrected chi connectivity index (χ4v) is 3.66. The van der Waals surface area contributed by atoms with Gasteiger partial charge >= 0.3 is 0 Å². The van der Waals surface area contributed by atoms with Crippen LogP contribution < -0.4 is 4.31 Å². The second kappa shape index (κ2) is 4.82. The van der Waals surface area contributed by atoms with Gasteiger partial charge in [0.25, 0.3) is 10.0 Å². The number of phenolic OH excluding ortho intramolecular Hbond substituents is 1. The van der Waals surface area contributed by atoms with Crippen molar-refractivity contribution < 1.29 is 13.5 Å². The molecule has 2 aromatic rings. The first kappa shape index (κ1) is 14.4. The average molecular weight is 295 g/mol. The molecule has 1 N–H and O–H groups in total. The van der Waals surface area contributed by atoms with Crippen LogP contribution in [-0.2, 0) is 17.1 Å². The molecule has 0 amide bonds. The topological polar surface area (TPSA) is 75.4 Å². The number of anilines is 1. The Labute approximate surface area is 118 Å². The minimum atomic E-state index is -3.68. The Morgan fingerprint density at radius 2 is 1.75 bits per heavy atom. The summed E-state index contributed by atoms with van der Waals surface area (Å²) in [5.41, 5.74) is 1.54. The van der Waals surface area contributed by atoms with Crippen LogP contribution in [0.4, 0.5) is 5.69 Å². The van der Waals surface area contributed by atoms with Crippen molar-refractivity contribution in [3.05, 3.63) is 35.7 Å². The third-order valence-corrected chi connectivity index (χ3v) is 5.31. The number of aryl methyl sites for hydroxylation is 2. The van der Waals surface area contributed by atoms with Crippen LogP contribution in [0.5, 0.6) is 5.75 Å². The van der Waals surface area contributed by atoms with Crippen LogP contribution in [-0.4, -0.2) is 30.4 Å². The molecule has 0 atom stereocenters. The summed E-state index contributed by atoms with van der Waals surface area (Å²) in [7, 11) is -0.487. The minimum Gasteiger partial charge on any atom is -0.508 e. The number of rotatable bonds is 3. The maximum atomic E-state index is 12.7. The second-order valence-electron chi connectivity index (χ2n) is 4.61. The first-order valence-electron chi connectivity index (χ1n) is 6.03. The lowest BCUT2D eigenvalue weighted by Gasteiger charge is -2.19. The van der Waals surface area contributed by atoms with Crippen LogP contribution in [0.2, 0.25) is 0 Å². The van der Waals surface area contributed by atoms with Gasteiger partial charge in [0.1, 0.15) is 10.6 Å². The Kier molecular flexibility index (Phi) is 3.47. The van der Waals surface area contributed by atoms with Gasteiger partial charge in [-0.25, -0.2) is 8.42 Å². The van der Waals surface area contributed by atoms with Crippen molar-refractivity contribution in [3.8, 4) is 5.75 Å². The number of hydrogen-bond acceptors (Lipinski definition) is 4. The van der Waals surface area contributed by atoms with Crippen LogP contribution in [0.1, 0.15) is 11.4 Å². The van der Waals surface area contributed by atoms with Gasteiger partial charge in [-0.05, 0) is 38.1 Å². The molecule has 0 saturated carbocycles. The Morgan fingerprint density at radius 3 is 2.20 bits per heavy atom. The fourth-order valence-electron chi connectivity index (χ4n) is 2.07. The Morgan fingerprint density at radius 1 is 1.20 bits per heavy atom. The van der Waals surface area contributed by atoms with Gasteiger partial charge in [0, 0.05) is 14.1 Å². The summed E-state index contributed by atoms with van der Waals surface area (Å²) in [6.45, 7) is 3.39. The van der Waals surface area contributed by atoms with Gasteiger partial charge in [0.05, 0.1) is 17.1 Å².